The van der Waals surface area contributed by atoms with Gasteiger partial charge in [0.15, 0.2) is 16.7 Å². The third-order valence-corrected chi connectivity index (χ3v) is 6.44. The van der Waals surface area contributed by atoms with Crippen LogP contribution in [0.5, 0.6) is 11.5 Å². The third-order valence-electron chi connectivity index (χ3n) is 5.39. The summed E-state index contributed by atoms with van der Waals surface area (Å²) in [4.78, 5) is 19.4. The number of nitriles is 1. The minimum atomic E-state index is -0.488. The average molecular weight is 496 g/mol. The van der Waals surface area contributed by atoms with Gasteiger partial charge in [-0.1, -0.05) is 41.6 Å². The van der Waals surface area contributed by atoms with Crippen molar-refractivity contribution in [2.75, 3.05) is 13.7 Å². The Balaban J connectivity index is 1.72. The lowest BCUT2D eigenvalue weighted by atomic mass is 9.94. The number of carbonyl (C=O) groups excluding carboxylic acids is 1. The predicted octanol–water partition coefficient (Wildman–Crippen LogP) is 5.57. The van der Waals surface area contributed by atoms with Gasteiger partial charge in [-0.25, -0.2) is 9.79 Å². The molecular weight excluding hydrogens is 474 g/mol. The molecule has 0 unspecified atom stereocenters. The van der Waals surface area contributed by atoms with Crippen LogP contribution in [0.25, 0.3) is 0 Å². The van der Waals surface area contributed by atoms with Crippen molar-refractivity contribution in [1.82, 2.24) is 4.90 Å². The van der Waals surface area contributed by atoms with Crippen molar-refractivity contribution in [2.24, 2.45) is 4.99 Å². The number of halogens is 1. The van der Waals surface area contributed by atoms with Gasteiger partial charge < -0.3 is 19.1 Å². The summed E-state index contributed by atoms with van der Waals surface area (Å²) in [5.41, 5.74) is 3.03. The summed E-state index contributed by atoms with van der Waals surface area (Å²) in [6.07, 6.45) is 1.88. The Morgan fingerprint density at radius 1 is 1.32 bits per heavy atom. The van der Waals surface area contributed by atoms with Crippen LogP contribution in [0.3, 0.4) is 0 Å². The van der Waals surface area contributed by atoms with Crippen molar-refractivity contribution in [2.45, 2.75) is 26.5 Å². The quantitative estimate of drug-likeness (QED) is 0.464. The van der Waals surface area contributed by atoms with Crippen LogP contribution in [0, 0.1) is 11.3 Å². The van der Waals surface area contributed by atoms with Crippen molar-refractivity contribution < 1.29 is 19.0 Å². The SMILES string of the molecule is CCOC(=O)C1=C(C)N=C2SC=CN2[C@H]1c1cc(Cl)c(OCc2ccccc2C#N)c(OC)c1. The number of carbonyl (C=O) groups is 1. The van der Waals surface area contributed by atoms with Crippen LogP contribution in [0.15, 0.2) is 64.3 Å². The molecule has 0 amide bonds. The van der Waals surface area contributed by atoms with Crippen molar-refractivity contribution in [1.29, 1.82) is 5.26 Å². The second-order valence-electron chi connectivity index (χ2n) is 7.42. The zero-order valence-corrected chi connectivity index (χ0v) is 20.4. The van der Waals surface area contributed by atoms with E-state index in [1.54, 1.807) is 38.1 Å². The highest BCUT2D eigenvalue weighted by Gasteiger charge is 2.38. The molecule has 0 spiro atoms. The summed E-state index contributed by atoms with van der Waals surface area (Å²) < 4.78 is 16.9. The maximum Gasteiger partial charge on any atom is 0.338 e. The van der Waals surface area contributed by atoms with E-state index < -0.39 is 12.0 Å². The first-order valence-electron chi connectivity index (χ1n) is 10.5. The molecule has 0 aromatic heterocycles. The number of nitrogens with zero attached hydrogens (tertiary/aromatic N) is 3. The number of aliphatic imine (C=N–C) groups is 1. The molecule has 1 atom stereocenters. The Morgan fingerprint density at radius 2 is 2.12 bits per heavy atom. The zero-order chi connectivity index (χ0) is 24.2. The van der Waals surface area contributed by atoms with Gasteiger partial charge in [-0.3, -0.25) is 0 Å². The largest absolute Gasteiger partial charge is 0.493 e. The summed E-state index contributed by atoms with van der Waals surface area (Å²) >= 11 is 8.14. The Hall–Kier alpha value is -3.41. The fraction of sp³-hybridized carbons (Fsp3) is 0.240. The second-order valence-corrected chi connectivity index (χ2v) is 8.70. The number of amidine groups is 1. The summed E-state index contributed by atoms with van der Waals surface area (Å²) in [5, 5.41) is 12.3. The number of hydrogen-bond acceptors (Lipinski definition) is 8. The van der Waals surface area contributed by atoms with E-state index in [0.29, 0.717) is 33.4 Å². The van der Waals surface area contributed by atoms with Gasteiger partial charge in [-0.2, -0.15) is 5.26 Å². The number of ether oxygens (including phenoxy) is 3. The lowest BCUT2D eigenvalue weighted by Crippen LogP contribution is -2.34. The van der Waals surface area contributed by atoms with Crippen LogP contribution in [0.1, 0.15) is 36.6 Å². The van der Waals surface area contributed by atoms with Crippen LogP contribution in [-0.4, -0.2) is 29.8 Å². The summed E-state index contributed by atoms with van der Waals surface area (Å²) in [6, 6.07) is 12.4. The molecule has 2 aromatic carbocycles. The van der Waals surface area contributed by atoms with Gasteiger partial charge >= 0.3 is 5.97 Å². The first-order valence-corrected chi connectivity index (χ1v) is 11.8. The molecule has 0 fully saturated rings. The minimum Gasteiger partial charge on any atom is -0.493 e. The number of esters is 1. The smallest absolute Gasteiger partial charge is 0.338 e. The molecule has 2 aromatic rings. The number of thioether (sulfide) groups is 1. The summed E-state index contributed by atoms with van der Waals surface area (Å²) in [6.45, 7) is 3.97. The van der Waals surface area contributed by atoms with Crippen LogP contribution in [0.2, 0.25) is 5.02 Å². The van der Waals surface area contributed by atoms with Gasteiger partial charge in [0.25, 0.3) is 0 Å². The molecule has 0 radical (unpaired) electrons. The Labute approximate surface area is 207 Å². The van der Waals surface area contributed by atoms with Gasteiger partial charge in [-0.15, -0.1) is 0 Å². The van der Waals surface area contributed by atoms with Gasteiger partial charge in [-0.05, 0) is 43.0 Å². The molecule has 7 nitrogen and oxygen atoms in total. The van der Waals surface area contributed by atoms with E-state index in [1.165, 1.54) is 18.9 Å². The molecule has 34 heavy (non-hydrogen) atoms. The number of hydrogen-bond donors (Lipinski definition) is 0. The van der Waals surface area contributed by atoms with E-state index in [0.717, 1.165) is 16.3 Å². The van der Waals surface area contributed by atoms with Crippen LogP contribution in [0.4, 0.5) is 0 Å². The van der Waals surface area contributed by atoms with Crippen molar-refractivity contribution in [3.63, 3.8) is 0 Å². The normalized spacial score (nSPS) is 16.6. The van der Waals surface area contributed by atoms with Gasteiger partial charge in [0.05, 0.1) is 47.7 Å². The number of benzene rings is 2. The average Bonchev–Trinajstić information content (AvgIpc) is 3.30. The van der Waals surface area contributed by atoms with Gasteiger partial charge in [0.1, 0.15) is 6.61 Å². The van der Waals surface area contributed by atoms with Crippen molar-refractivity contribution in [3.05, 3.63) is 81.0 Å². The lowest BCUT2D eigenvalue weighted by molar-refractivity contribution is -0.139. The van der Waals surface area contributed by atoms with E-state index in [4.69, 9.17) is 25.8 Å². The summed E-state index contributed by atoms with van der Waals surface area (Å²) in [5.74, 6) is 0.342. The number of allylic oxidation sites excluding steroid dienone is 1. The standard InChI is InChI=1S/C25H22ClN3O4S/c1-4-32-24(30)21-15(2)28-25-29(9-10-34-25)22(21)18-11-19(26)23(20(12-18)31-3)33-14-17-8-6-5-7-16(17)13-27/h5-12,22H,4,14H2,1-3H3/t22-/m0/s1. The van der Waals surface area contributed by atoms with Crippen LogP contribution in [-0.2, 0) is 16.1 Å². The monoisotopic (exact) mass is 495 g/mol. The highest BCUT2D eigenvalue weighted by Crippen LogP contribution is 2.45. The number of methoxy groups -OCH3 is 1. The minimum absolute atomic E-state index is 0.151. The third kappa shape index (κ3) is 4.49. The molecule has 2 aliphatic rings. The zero-order valence-electron chi connectivity index (χ0n) is 18.9. The molecule has 0 bridgehead atoms. The molecule has 2 heterocycles. The Kier molecular flexibility index (Phi) is 7.15. The number of fused-ring (bicyclic) bond motifs is 1. The first-order chi connectivity index (χ1) is 16.5. The Bertz CT molecular complexity index is 1270. The number of rotatable bonds is 7. The van der Waals surface area contributed by atoms with E-state index in [1.807, 2.05) is 28.6 Å². The maximum atomic E-state index is 12.9. The van der Waals surface area contributed by atoms with E-state index in [-0.39, 0.29) is 13.2 Å². The van der Waals surface area contributed by atoms with Crippen molar-refractivity contribution in [3.8, 4) is 17.6 Å². The molecule has 174 valence electrons. The maximum absolute atomic E-state index is 12.9. The topological polar surface area (TPSA) is 84.1 Å². The lowest BCUT2D eigenvalue weighted by Gasteiger charge is -2.33. The predicted molar refractivity (Wildman–Crippen MR) is 132 cm³/mol. The molecule has 9 heteroatoms. The molecule has 4 rings (SSSR count). The molecule has 0 saturated carbocycles. The second kappa shape index (κ2) is 10.2. The molecule has 2 aliphatic heterocycles. The Morgan fingerprint density at radius 3 is 2.85 bits per heavy atom. The fourth-order valence-electron chi connectivity index (χ4n) is 3.84. The molecule has 0 aliphatic carbocycles. The summed E-state index contributed by atoms with van der Waals surface area (Å²) in [7, 11) is 1.53. The molecular formula is C25H22ClN3O4S. The fourth-order valence-corrected chi connectivity index (χ4v) is 4.91. The first kappa shape index (κ1) is 23.7. The van der Waals surface area contributed by atoms with Gasteiger partial charge in [0.2, 0.25) is 0 Å². The molecule has 0 N–H and O–H groups in total. The van der Waals surface area contributed by atoms with Crippen LogP contribution < -0.4 is 9.47 Å². The van der Waals surface area contributed by atoms with E-state index in [2.05, 4.69) is 11.1 Å². The highest BCUT2D eigenvalue weighted by atomic mass is 35.5. The van der Waals surface area contributed by atoms with E-state index >= 15 is 0 Å². The van der Waals surface area contributed by atoms with Crippen LogP contribution >= 0.6 is 23.4 Å². The highest BCUT2D eigenvalue weighted by molar-refractivity contribution is 8.16. The van der Waals surface area contributed by atoms with Crippen molar-refractivity contribution >= 4 is 34.5 Å². The molecule has 0 saturated heterocycles. The van der Waals surface area contributed by atoms with Gasteiger partial charge in [0, 0.05) is 11.8 Å². The van der Waals surface area contributed by atoms with E-state index in [9.17, 15) is 10.1 Å².